The van der Waals surface area contributed by atoms with E-state index in [0.717, 1.165) is 55.3 Å². The van der Waals surface area contributed by atoms with E-state index in [-0.39, 0.29) is 18.0 Å². The molecule has 5 heterocycles. The van der Waals surface area contributed by atoms with Crippen molar-refractivity contribution in [2.45, 2.75) is 25.3 Å². The molecule has 2 atom stereocenters. The lowest BCUT2D eigenvalue weighted by Gasteiger charge is -2.29. The van der Waals surface area contributed by atoms with Gasteiger partial charge < -0.3 is 24.1 Å². The summed E-state index contributed by atoms with van der Waals surface area (Å²) in [7, 11) is 3.25. The molecule has 1 fully saturated rings. The van der Waals surface area contributed by atoms with Gasteiger partial charge in [-0.3, -0.25) is 9.36 Å². The summed E-state index contributed by atoms with van der Waals surface area (Å²) in [6.45, 7) is 3.97. The molecule has 0 unspecified atom stereocenters. The van der Waals surface area contributed by atoms with Gasteiger partial charge in [-0.15, -0.1) is 23.7 Å². The van der Waals surface area contributed by atoms with Crippen LogP contribution in [-0.2, 0) is 6.54 Å². The predicted octanol–water partition coefficient (Wildman–Crippen LogP) is 3.63. The Morgan fingerprint density at radius 2 is 1.95 bits per heavy atom. The van der Waals surface area contributed by atoms with Gasteiger partial charge >= 0.3 is 5.69 Å². The van der Waals surface area contributed by atoms with E-state index in [0.29, 0.717) is 40.0 Å². The summed E-state index contributed by atoms with van der Waals surface area (Å²) in [6.07, 6.45) is 1.64. The second kappa shape index (κ2) is 10.4. The van der Waals surface area contributed by atoms with Crippen molar-refractivity contribution in [2.75, 3.05) is 40.5 Å². The average Bonchev–Trinajstić information content (AvgIpc) is 3.48. The lowest BCUT2D eigenvalue weighted by atomic mass is 9.86. The number of halogens is 1. The molecule has 1 saturated heterocycles. The number of thiophene rings is 1. The highest BCUT2D eigenvalue weighted by molar-refractivity contribution is 7.25. The number of likely N-dealkylation sites (tertiary alicyclic amines) is 1. The van der Waals surface area contributed by atoms with Gasteiger partial charge in [0.25, 0.3) is 5.56 Å². The lowest BCUT2D eigenvalue weighted by Crippen LogP contribution is -2.34. The zero-order chi connectivity index (χ0) is 24.8. The normalized spacial score (nSPS) is 18.8. The largest absolute Gasteiger partial charge is 0.496 e. The summed E-state index contributed by atoms with van der Waals surface area (Å²) >= 11 is 1.35. The summed E-state index contributed by atoms with van der Waals surface area (Å²) in [5, 5.41) is 0. The third-order valence-electron chi connectivity index (χ3n) is 7.33. The molecule has 11 heteroatoms. The minimum absolute atomic E-state index is 0. The highest BCUT2D eigenvalue weighted by Crippen LogP contribution is 2.46. The molecule has 3 aromatic heterocycles. The first-order valence-electron chi connectivity index (χ1n) is 12.2. The fourth-order valence-electron chi connectivity index (χ4n) is 5.57. The maximum Gasteiger partial charge on any atom is 0.328 e. The van der Waals surface area contributed by atoms with Crippen LogP contribution in [0.3, 0.4) is 0 Å². The van der Waals surface area contributed by atoms with Crippen LogP contribution in [0.2, 0.25) is 0 Å². The number of rotatable bonds is 7. The Morgan fingerprint density at radius 1 is 1.11 bits per heavy atom. The fourth-order valence-corrected chi connectivity index (χ4v) is 6.61. The summed E-state index contributed by atoms with van der Waals surface area (Å²) in [6, 6.07) is 9.61. The molecule has 4 aromatic rings. The van der Waals surface area contributed by atoms with E-state index in [2.05, 4.69) is 14.9 Å². The second-order valence-electron chi connectivity index (χ2n) is 9.41. The summed E-state index contributed by atoms with van der Waals surface area (Å²) in [5.41, 5.74) is 1.60. The number of aromatic amines is 1. The third kappa shape index (κ3) is 4.47. The van der Waals surface area contributed by atoms with Crippen LogP contribution in [0.1, 0.15) is 24.3 Å². The summed E-state index contributed by atoms with van der Waals surface area (Å²) < 4.78 is 19.5. The van der Waals surface area contributed by atoms with Crippen LogP contribution in [0, 0.1) is 5.92 Å². The number of pyridine rings is 1. The molecule has 2 aliphatic heterocycles. The molecule has 0 amide bonds. The molecule has 9 nitrogen and oxygen atoms in total. The van der Waals surface area contributed by atoms with Gasteiger partial charge in [0.05, 0.1) is 31.0 Å². The van der Waals surface area contributed by atoms with Gasteiger partial charge in [0, 0.05) is 43.1 Å². The topological polar surface area (TPSA) is 98.7 Å². The summed E-state index contributed by atoms with van der Waals surface area (Å²) in [4.78, 5) is 35.6. The maximum absolute atomic E-state index is 13.1. The van der Waals surface area contributed by atoms with E-state index >= 15 is 0 Å². The van der Waals surface area contributed by atoms with Gasteiger partial charge in [-0.05, 0) is 37.6 Å². The SMILES string of the molecule is COc1ccc2sc3c(=O)n(CCCCN4C[C@H]5COc6cccc(OC)c6[C@@H]5C4)c(=O)[nH]c3c2n1.Cl. The molecule has 1 aromatic carbocycles. The quantitative estimate of drug-likeness (QED) is 0.355. The van der Waals surface area contributed by atoms with E-state index in [1.165, 1.54) is 28.6 Å². The minimum atomic E-state index is -0.398. The molecule has 0 spiro atoms. The number of benzene rings is 1. The van der Waals surface area contributed by atoms with E-state index < -0.39 is 5.69 Å². The number of hydrogen-bond acceptors (Lipinski definition) is 8. The van der Waals surface area contributed by atoms with Crippen LogP contribution in [0.15, 0.2) is 39.9 Å². The Hall–Kier alpha value is -3.08. The fraction of sp³-hybridized carbons (Fsp3) is 0.423. The maximum atomic E-state index is 13.1. The second-order valence-corrected chi connectivity index (χ2v) is 10.5. The van der Waals surface area contributed by atoms with Gasteiger partial charge in [0.2, 0.25) is 5.88 Å². The van der Waals surface area contributed by atoms with Crippen molar-refractivity contribution in [3.8, 4) is 17.4 Å². The molecular weight excluding hydrogens is 516 g/mol. The van der Waals surface area contributed by atoms with Crippen molar-refractivity contribution < 1.29 is 14.2 Å². The van der Waals surface area contributed by atoms with Gasteiger partial charge in [-0.1, -0.05) is 6.07 Å². The van der Waals surface area contributed by atoms with Crippen LogP contribution in [-0.4, -0.2) is 59.9 Å². The lowest BCUT2D eigenvalue weighted by molar-refractivity contribution is 0.209. The Bertz CT molecular complexity index is 1550. The van der Waals surface area contributed by atoms with E-state index in [9.17, 15) is 9.59 Å². The van der Waals surface area contributed by atoms with Gasteiger partial charge in [-0.25, -0.2) is 9.78 Å². The van der Waals surface area contributed by atoms with Crippen molar-refractivity contribution in [1.29, 1.82) is 0 Å². The predicted molar refractivity (Wildman–Crippen MR) is 146 cm³/mol. The highest BCUT2D eigenvalue weighted by atomic mass is 35.5. The summed E-state index contributed by atoms with van der Waals surface area (Å²) in [5.74, 6) is 3.12. The first kappa shape index (κ1) is 25.6. The zero-order valence-corrected chi connectivity index (χ0v) is 22.3. The first-order chi connectivity index (χ1) is 17.6. The third-order valence-corrected chi connectivity index (χ3v) is 8.46. The number of nitrogens with one attached hydrogen (secondary N) is 1. The Balaban J connectivity index is 0.00000280. The number of H-pyrrole nitrogens is 1. The number of fused-ring (bicyclic) bond motifs is 6. The van der Waals surface area contributed by atoms with Crippen LogP contribution < -0.4 is 25.5 Å². The van der Waals surface area contributed by atoms with Gasteiger partial charge in [-0.2, -0.15) is 0 Å². The molecule has 0 bridgehead atoms. The number of methoxy groups -OCH3 is 2. The number of unbranched alkanes of at least 4 members (excludes halogenated alkanes) is 1. The Labute approximate surface area is 223 Å². The monoisotopic (exact) mass is 544 g/mol. The Kier molecular flexibility index (Phi) is 7.15. The van der Waals surface area contributed by atoms with Crippen molar-refractivity contribution in [3.05, 3.63) is 56.7 Å². The molecule has 2 aliphatic rings. The van der Waals surface area contributed by atoms with Crippen LogP contribution in [0.4, 0.5) is 0 Å². The molecule has 0 saturated carbocycles. The zero-order valence-electron chi connectivity index (χ0n) is 20.7. The van der Waals surface area contributed by atoms with Gasteiger partial charge in [0.15, 0.2) is 0 Å². The molecule has 0 radical (unpaired) electrons. The van der Waals surface area contributed by atoms with Crippen LogP contribution in [0.25, 0.3) is 20.4 Å². The number of hydrogen-bond donors (Lipinski definition) is 1. The molecular formula is C26H29ClN4O5S. The van der Waals surface area contributed by atoms with E-state index in [1.54, 1.807) is 13.2 Å². The molecule has 196 valence electrons. The molecule has 1 N–H and O–H groups in total. The minimum Gasteiger partial charge on any atom is -0.496 e. The smallest absolute Gasteiger partial charge is 0.328 e. The van der Waals surface area contributed by atoms with Crippen LogP contribution >= 0.6 is 23.7 Å². The number of aromatic nitrogens is 3. The highest BCUT2D eigenvalue weighted by Gasteiger charge is 2.40. The molecule has 0 aliphatic carbocycles. The van der Waals surface area contributed by atoms with Crippen molar-refractivity contribution in [3.63, 3.8) is 0 Å². The molecule has 37 heavy (non-hydrogen) atoms. The Morgan fingerprint density at radius 3 is 2.76 bits per heavy atom. The average molecular weight is 545 g/mol. The van der Waals surface area contributed by atoms with Crippen molar-refractivity contribution in [2.24, 2.45) is 5.92 Å². The number of nitrogens with zero attached hydrogens (tertiary/aromatic N) is 3. The van der Waals surface area contributed by atoms with E-state index in [4.69, 9.17) is 14.2 Å². The van der Waals surface area contributed by atoms with Gasteiger partial charge in [0.1, 0.15) is 21.7 Å². The molecule has 6 rings (SSSR count). The standard InChI is InChI=1S/C26H28N4O5S.ClH/c1-33-17-6-5-7-18-21(17)16-13-29(12-15(16)14-35-18)10-3-4-11-30-25(31)24-23(28-26(30)32)22-19(36-24)8-9-20(27-22)34-2;/h5-9,15-16H,3-4,10-14H2,1-2H3,(H,28,32);1H/t15-,16+;/m0./s1. The van der Waals surface area contributed by atoms with Crippen molar-refractivity contribution >= 4 is 44.2 Å². The van der Waals surface area contributed by atoms with E-state index in [1.807, 2.05) is 24.3 Å². The first-order valence-corrected chi connectivity index (χ1v) is 13.0. The number of ether oxygens (including phenoxy) is 3. The van der Waals surface area contributed by atoms with Crippen molar-refractivity contribution in [1.82, 2.24) is 19.4 Å². The van der Waals surface area contributed by atoms with Crippen LogP contribution in [0.5, 0.6) is 17.4 Å².